The first-order valence-electron chi connectivity index (χ1n) is 12.8. The molecule has 2 heterocycles. The van der Waals surface area contributed by atoms with Crippen molar-refractivity contribution in [3.05, 3.63) is 58.7 Å². The number of carboxylic acid groups (broad SMARTS) is 1. The van der Waals surface area contributed by atoms with E-state index in [9.17, 15) is 14.7 Å². The summed E-state index contributed by atoms with van der Waals surface area (Å²) in [4.78, 5) is 29.9. The molecule has 192 valence electrons. The summed E-state index contributed by atoms with van der Waals surface area (Å²) in [6, 6.07) is 11.7. The molecule has 1 atom stereocenters. The van der Waals surface area contributed by atoms with Crippen molar-refractivity contribution in [2.24, 2.45) is 10.9 Å². The summed E-state index contributed by atoms with van der Waals surface area (Å²) in [5.41, 5.74) is 6.35. The van der Waals surface area contributed by atoms with Gasteiger partial charge in [-0.05, 0) is 68.4 Å². The van der Waals surface area contributed by atoms with Gasteiger partial charge in [0, 0.05) is 50.4 Å². The monoisotopic (exact) mass is 491 g/mol. The average Bonchev–Trinajstić information content (AvgIpc) is 2.85. The van der Waals surface area contributed by atoms with Crippen LogP contribution in [0.5, 0.6) is 0 Å². The van der Waals surface area contributed by atoms with E-state index >= 15 is 0 Å². The number of hydrogen-bond donors (Lipinski definition) is 4. The molecule has 0 aromatic heterocycles. The summed E-state index contributed by atoms with van der Waals surface area (Å²) in [5.74, 6) is 0.220. The van der Waals surface area contributed by atoms with E-state index in [2.05, 4.69) is 50.1 Å². The van der Waals surface area contributed by atoms with Gasteiger partial charge in [0.2, 0.25) is 0 Å². The molecule has 0 saturated carbocycles. The van der Waals surface area contributed by atoms with E-state index in [0.717, 1.165) is 54.9 Å². The Morgan fingerprint density at radius 2 is 1.81 bits per heavy atom. The summed E-state index contributed by atoms with van der Waals surface area (Å²) in [6.07, 6.45) is 3.00. The fourth-order valence-electron chi connectivity index (χ4n) is 5.11. The zero-order valence-corrected chi connectivity index (χ0v) is 21.4. The molecule has 2 aliphatic rings. The first-order chi connectivity index (χ1) is 17.3. The van der Waals surface area contributed by atoms with E-state index in [-0.39, 0.29) is 5.91 Å². The van der Waals surface area contributed by atoms with Crippen LogP contribution in [0.4, 0.5) is 11.4 Å². The molecule has 1 unspecified atom stereocenters. The molecule has 1 amide bonds. The van der Waals surface area contributed by atoms with Crippen molar-refractivity contribution in [2.45, 2.75) is 52.5 Å². The Balaban J connectivity index is 1.30. The lowest BCUT2D eigenvalue weighted by Crippen LogP contribution is -2.45. The number of anilines is 2. The second-order valence-corrected chi connectivity index (χ2v) is 10.0. The Morgan fingerprint density at radius 3 is 2.42 bits per heavy atom. The van der Waals surface area contributed by atoms with Gasteiger partial charge in [-0.2, -0.15) is 4.99 Å². The highest BCUT2D eigenvalue weighted by Gasteiger charge is 2.22. The van der Waals surface area contributed by atoms with Gasteiger partial charge in [0.15, 0.2) is 5.96 Å². The van der Waals surface area contributed by atoms with Crippen LogP contribution in [0.1, 0.15) is 41.5 Å². The molecule has 8 nitrogen and oxygen atoms in total. The van der Waals surface area contributed by atoms with Gasteiger partial charge in [-0.15, -0.1) is 0 Å². The zero-order chi connectivity index (χ0) is 25.7. The van der Waals surface area contributed by atoms with Crippen LogP contribution in [0.15, 0.2) is 41.4 Å². The van der Waals surface area contributed by atoms with E-state index in [0.29, 0.717) is 31.3 Å². The van der Waals surface area contributed by atoms with Crippen molar-refractivity contribution in [2.75, 3.05) is 36.4 Å². The Labute approximate surface area is 213 Å². The summed E-state index contributed by atoms with van der Waals surface area (Å²) in [6.45, 7) is 9.47. The van der Waals surface area contributed by atoms with Crippen LogP contribution >= 0.6 is 0 Å². The van der Waals surface area contributed by atoms with Crippen LogP contribution in [-0.4, -0.2) is 55.2 Å². The Kier molecular flexibility index (Phi) is 8.13. The van der Waals surface area contributed by atoms with E-state index in [1.165, 1.54) is 11.3 Å². The number of aryl methyl sites for hydroxylation is 3. The summed E-state index contributed by atoms with van der Waals surface area (Å²) in [7, 11) is 0. The number of amides is 1. The van der Waals surface area contributed by atoms with Crippen molar-refractivity contribution in [3.63, 3.8) is 0 Å². The number of nitrogens with one attached hydrogen (secondary N) is 3. The number of carboxylic acids is 1. The molecule has 4 rings (SSSR count). The summed E-state index contributed by atoms with van der Waals surface area (Å²) >= 11 is 0. The normalized spacial score (nSPS) is 17.2. The van der Waals surface area contributed by atoms with Crippen LogP contribution < -0.4 is 20.9 Å². The first-order valence-corrected chi connectivity index (χ1v) is 12.8. The third-order valence-corrected chi connectivity index (χ3v) is 7.08. The molecule has 1 fully saturated rings. The quantitative estimate of drug-likeness (QED) is 0.448. The second kappa shape index (κ2) is 11.5. The number of benzene rings is 2. The van der Waals surface area contributed by atoms with Crippen molar-refractivity contribution in [1.82, 2.24) is 10.6 Å². The molecule has 1 saturated heterocycles. The molecule has 8 heteroatoms. The largest absolute Gasteiger partial charge is 0.480 e. The average molecular weight is 492 g/mol. The number of guanidine groups is 1. The van der Waals surface area contributed by atoms with Gasteiger partial charge in [-0.25, -0.2) is 4.79 Å². The fraction of sp³-hybridized carbons (Fsp3) is 0.464. The van der Waals surface area contributed by atoms with E-state index in [1.807, 2.05) is 32.9 Å². The van der Waals surface area contributed by atoms with E-state index in [4.69, 9.17) is 0 Å². The number of hydrogen-bond acceptors (Lipinski definition) is 6. The smallest absolute Gasteiger partial charge is 0.326 e. The lowest BCUT2D eigenvalue weighted by molar-refractivity contribution is -0.137. The SMILES string of the molecule is Cc1cc(C)c(NC(Cc2ccc(N3CCC(CNC4=NC(=O)CCN4)CC3)cc2)C(=O)O)c(C)c1. The Morgan fingerprint density at radius 1 is 1.14 bits per heavy atom. The molecular weight excluding hydrogens is 454 g/mol. The maximum absolute atomic E-state index is 12.0. The molecule has 0 aliphatic carbocycles. The molecule has 2 aromatic carbocycles. The van der Waals surface area contributed by atoms with Gasteiger partial charge in [0.25, 0.3) is 5.91 Å². The molecular formula is C28H37N5O3. The van der Waals surface area contributed by atoms with Crippen molar-refractivity contribution >= 4 is 29.2 Å². The van der Waals surface area contributed by atoms with Crippen molar-refractivity contribution in [3.8, 4) is 0 Å². The second-order valence-electron chi connectivity index (χ2n) is 10.0. The minimum Gasteiger partial charge on any atom is -0.480 e. The number of piperidine rings is 1. The van der Waals surface area contributed by atoms with Crippen LogP contribution in [0.3, 0.4) is 0 Å². The summed E-state index contributed by atoms with van der Waals surface area (Å²) < 4.78 is 0. The number of rotatable bonds is 8. The Hall–Kier alpha value is -3.55. The highest BCUT2D eigenvalue weighted by molar-refractivity contribution is 5.95. The number of carbonyl (C=O) groups is 2. The predicted octanol–water partition coefficient (Wildman–Crippen LogP) is 3.40. The highest BCUT2D eigenvalue weighted by atomic mass is 16.4. The van der Waals surface area contributed by atoms with Gasteiger partial charge in [-0.1, -0.05) is 29.8 Å². The number of carbonyl (C=O) groups excluding carboxylic acids is 1. The minimum absolute atomic E-state index is 0.0691. The van der Waals surface area contributed by atoms with E-state index < -0.39 is 12.0 Å². The van der Waals surface area contributed by atoms with Crippen LogP contribution in [0.2, 0.25) is 0 Å². The third kappa shape index (κ3) is 6.56. The van der Waals surface area contributed by atoms with Gasteiger partial charge in [-0.3, -0.25) is 4.79 Å². The van der Waals surface area contributed by atoms with Gasteiger partial charge < -0.3 is 26.0 Å². The Bertz CT molecular complexity index is 1100. The standard InChI is InChI=1S/C28H37N5O3/c1-18-14-19(2)26(20(3)15-18)31-24(27(35)36)16-21-4-6-23(7-5-21)33-12-9-22(10-13-33)17-30-28-29-11-8-25(34)32-28/h4-7,14-15,22,24,31H,8-13,16-17H2,1-3H3,(H,35,36)(H2,29,30,32,34). The van der Waals surface area contributed by atoms with Gasteiger partial charge >= 0.3 is 5.97 Å². The third-order valence-electron chi connectivity index (χ3n) is 7.08. The topological polar surface area (TPSA) is 106 Å². The lowest BCUT2D eigenvalue weighted by Gasteiger charge is -2.34. The van der Waals surface area contributed by atoms with Gasteiger partial charge in [0.05, 0.1) is 0 Å². The van der Waals surface area contributed by atoms with Crippen molar-refractivity contribution < 1.29 is 14.7 Å². The molecule has 0 radical (unpaired) electrons. The molecule has 2 aliphatic heterocycles. The zero-order valence-electron chi connectivity index (χ0n) is 21.4. The van der Waals surface area contributed by atoms with Gasteiger partial charge in [0.1, 0.15) is 6.04 Å². The predicted molar refractivity (Wildman–Crippen MR) is 144 cm³/mol. The number of aliphatic carboxylic acids is 1. The molecule has 4 N–H and O–H groups in total. The highest BCUT2D eigenvalue weighted by Crippen LogP contribution is 2.26. The maximum Gasteiger partial charge on any atom is 0.326 e. The lowest BCUT2D eigenvalue weighted by atomic mass is 9.96. The van der Waals surface area contributed by atoms with Crippen molar-refractivity contribution in [1.29, 1.82) is 0 Å². The minimum atomic E-state index is -0.854. The van der Waals surface area contributed by atoms with Crippen LogP contribution in [0, 0.1) is 26.7 Å². The molecule has 0 bridgehead atoms. The summed E-state index contributed by atoms with van der Waals surface area (Å²) in [5, 5.41) is 19.5. The van der Waals surface area contributed by atoms with Crippen LogP contribution in [0.25, 0.3) is 0 Å². The molecule has 36 heavy (non-hydrogen) atoms. The maximum atomic E-state index is 12.0. The van der Waals surface area contributed by atoms with Crippen LogP contribution in [-0.2, 0) is 16.0 Å². The van der Waals surface area contributed by atoms with E-state index in [1.54, 1.807) is 0 Å². The fourth-order valence-corrected chi connectivity index (χ4v) is 5.11. The number of nitrogens with zero attached hydrogens (tertiary/aromatic N) is 2. The molecule has 0 spiro atoms. The first kappa shape index (κ1) is 25.5. The number of aliphatic imine (C=N–C) groups is 1. The molecule has 2 aromatic rings.